The lowest BCUT2D eigenvalue weighted by Gasteiger charge is -2.31. The normalized spacial score (nSPS) is 25.3. The molecule has 0 saturated carbocycles. The Hall–Kier alpha value is -3.10. The second-order valence-electron chi connectivity index (χ2n) is 8.49. The number of hydrogen-bond acceptors (Lipinski definition) is 11. The van der Waals surface area contributed by atoms with Gasteiger partial charge in [-0.15, -0.1) is 0 Å². The smallest absolute Gasteiger partial charge is 0.351 e. The van der Waals surface area contributed by atoms with Gasteiger partial charge < -0.3 is 29.4 Å². The van der Waals surface area contributed by atoms with Gasteiger partial charge in [-0.3, -0.25) is 9.36 Å². The molecule has 0 radical (unpaired) electrons. The second kappa shape index (κ2) is 12.2. The molecule has 1 aliphatic heterocycles. The van der Waals surface area contributed by atoms with Gasteiger partial charge >= 0.3 is 18.3 Å². The number of rotatable bonds is 11. The number of nitrogens with one attached hydrogen (secondary N) is 1. The van der Waals surface area contributed by atoms with Crippen molar-refractivity contribution in [2.75, 3.05) is 12.3 Å². The molecule has 1 aromatic carbocycles. The molecule has 2 aromatic rings. The monoisotopic (exact) mass is 571 g/mol. The van der Waals surface area contributed by atoms with E-state index in [4.69, 9.17) is 41.6 Å². The summed E-state index contributed by atoms with van der Waals surface area (Å²) in [7, 11) is 0. The molecule has 14 nitrogen and oxygen atoms in total. The van der Waals surface area contributed by atoms with Crippen molar-refractivity contribution in [1.29, 1.82) is 0 Å². The molecule has 0 amide bonds. The molecule has 3 rings (SSSR count). The number of azide groups is 1. The van der Waals surface area contributed by atoms with E-state index in [0.717, 1.165) is 10.8 Å². The number of benzene rings is 1. The van der Waals surface area contributed by atoms with Crippen LogP contribution < -0.4 is 21.0 Å². The number of alkyl halides is 1. The third kappa shape index (κ3) is 6.85. The highest BCUT2D eigenvalue weighted by molar-refractivity contribution is 8.09. The Bertz CT molecular complexity index is 1300. The number of nitrogens with zero attached hydrogens (tertiary/aromatic N) is 5. The van der Waals surface area contributed by atoms with Crippen LogP contribution in [0.1, 0.15) is 27.0 Å². The number of carbonyl (C=O) groups is 1. The Morgan fingerprint density at radius 3 is 2.71 bits per heavy atom. The number of nitrogens with two attached hydrogens (primary N) is 1. The number of carbonyl (C=O) groups excluding carboxylic acids is 1. The van der Waals surface area contributed by atoms with E-state index in [1.165, 1.54) is 13.0 Å². The van der Waals surface area contributed by atoms with Crippen LogP contribution in [0.3, 0.4) is 0 Å². The van der Waals surface area contributed by atoms with Crippen molar-refractivity contribution in [3.05, 3.63) is 63.5 Å². The zero-order valence-electron chi connectivity index (χ0n) is 20.6. The standard InChI is InChI=1S/C21H27FN7O7PS/c1-12(2)34-19(31)13(3)26-37(38,36-14-7-5-4-6-8-14)33-11-21(27-28-24)17(22)16(30)18(35-21)29-10-9-15(23)25-20(29)32/h4-10,12-13,16-18,30H,11H2,1-3H3,(H,26,38)(H2,23,25,32)/t13-,16+,17-,18+,21+,37?/m0/s1. The lowest BCUT2D eigenvalue weighted by molar-refractivity contribution is -0.149. The maximum absolute atomic E-state index is 15.5. The third-order valence-electron chi connectivity index (χ3n) is 5.15. The van der Waals surface area contributed by atoms with E-state index < -0.39 is 61.3 Å². The van der Waals surface area contributed by atoms with Crippen molar-refractivity contribution in [3.63, 3.8) is 0 Å². The fraction of sp³-hybridized carbons (Fsp3) is 0.476. The van der Waals surface area contributed by atoms with Crippen LogP contribution in [0.25, 0.3) is 10.4 Å². The molecule has 1 aromatic heterocycles. The van der Waals surface area contributed by atoms with Gasteiger partial charge in [0.15, 0.2) is 12.4 Å². The molecule has 1 saturated heterocycles. The number of esters is 1. The molecule has 2 heterocycles. The molecular formula is C21H27FN7O7PS. The van der Waals surface area contributed by atoms with E-state index in [-0.39, 0.29) is 11.6 Å². The molecule has 0 spiro atoms. The highest BCUT2D eigenvalue weighted by Gasteiger charge is 2.57. The van der Waals surface area contributed by atoms with E-state index >= 15 is 4.39 Å². The highest BCUT2D eigenvalue weighted by atomic mass is 32.5. The van der Waals surface area contributed by atoms with Crippen molar-refractivity contribution in [1.82, 2.24) is 14.6 Å². The van der Waals surface area contributed by atoms with Crippen LogP contribution >= 0.6 is 6.64 Å². The number of aliphatic hydroxyl groups excluding tert-OH is 1. The third-order valence-corrected chi connectivity index (χ3v) is 7.63. The van der Waals surface area contributed by atoms with Gasteiger partial charge in [-0.2, -0.15) is 4.98 Å². The summed E-state index contributed by atoms with van der Waals surface area (Å²) < 4.78 is 38.6. The second-order valence-corrected chi connectivity index (χ2v) is 11.6. The summed E-state index contributed by atoms with van der Waals surface area (Å²) in [5, 5.41) is 16.7. The first-order valence-corrected chi connectivity index (χ1v) is 13.9. The number of ether oxygens (including phenoxy) is 2. The van der Waals surface area contributed by atoms with Gasteiger partial charge in [0.2, 0.25) is 5.72 Å². The van der Waals surface area contributed by atoms with Gasteiger partial charge in [0.25, 0.3) is 0 Å². The van der Waals surface area contributed by atoms with E-state index in [1.54, 1.807) is 44.2 Å². The molecule has 206 valence electrons. The molecule has 1 aliphatic rings. The number of halogens is 1. The number of aliphatic hydroxyl groups is 1. The summed E-state index contributed by atoms with van der Waals surface area (Å²) in [6.07, 6.45) is -5.23. The van der Waals surface area contributed by atoms with Crippen molar-refractivity contribution in [2.24, 2.45) is 5.11 Å². The quantitative estimate of drug-likeness (QED) is 0.118. The van der Waals surface area contributed by atoms with Crippen LogP contribution in [0.2, 0.25) is 0 Å². The maximum atomic E-state index is 15.5. The fourth-order valence-corrected chi connectivity index (χ4v) is 5.81. The predicted octanol–water partition coefficient (Wildman–Crippen LogP) is 2.31. The average molecular weight is 572 g/mol. The van der Waals surface area contributed by atoms with Crippen molar-refractivity contribution < 1.29 is 32.8 Å². The van der Waals surface area contributed by atoms with Gasteiger partial charge in [0.05, 0.1) is 12.7 Å². The van der Waals surface area contributed by atoms with Crippen LogP contribution in [0, 0.1) is 0 Å². The molecule has 6 atom stereocenters. The number of para-hydroxylation sites is 1. The van der Waals surface area contributed by atoms with Crippen molar-refractivity contribution >= 4 is 30.2 Å². The number of anilines is 1. The van der Waals surface area contributed by atoms with Gasteiger partial charge in [-0.05, 0) is 56.3 Å². The Morgan fingerprint density at radius 1 is 1.42 bits per heavy atom. The zero-order chi connectivity index (χ0) is 28.1. The van der Waals surface area contributed by atoms with E-state index in [1.807, 2.05) is 0 Å². The zero-order valence-corrected chi connectivity index (χ0v) is 22.3. The first-order valence-electron chi connectivity index (χ1n) is 11.3. The largest absolute Gasteiger partial charge is 0.462 e. The summed E-state index contributed by atoms with van der Waals surface area (Å²) in [5.74, 6) is -0.479. The van der Waals surface area contributed by atoms with E-state index in [0.29, 0.717) is 0 Å². The van der Waals surface area contributed by atoms with Crippen molar-refractivity contribution in [2.45, 2.75) is 57.1 Å². The van der Waals surface area contributed by atoms with Gasteiger partial charge in [-0.1, -0.05) is 23.3 Å². The first-order chi connectivity index (χ1) is 17.9. The average Bonchev–Trinajstić information content (AvgIpc) is 3.09. The minimum Gasteiger partial charge on any atom is -0.462 e. The van der Waals surface area contributed by atoms with Gasteiger partial charge in [0, 0.05) is 11.1 Å². The topological polar surface area (TPSA) is 196 Å². The molecule has 0 aliphatic carbocycles. The minimum atomic E-state index is -3.69. The van der Waals surface area contributed by atoms with Crippen LogP contribution in [0.15, 0.2) is 52.5 Å². The molecule has 17 heteroatoms. The lowest BCUT2D eigenvalue weighted by Crippen LogP contribution is -2.43. The van der Waals surface area contributed by atoms with Gasteiger partial charge in [-0.25, -0.2) is 14.3 Å². The summed E-state index contributed by atoms with van der Waals surface area (Å²) in [6.45, 7) is 0.261. The lowest BCUT2D eigenvalue weighted by atomic mass is 10.1. The molecule has 0 bridgehead atoms. The molecule has 4 N–H and O–H groups in total. The minimum absolute atomic E-state index is 0.102. The summed E-state index contributed by atoms with van der Waals surface area (Å²) in [5.41, 5.74) is 11.2. The Labute approximate surface area is 221 Å². The number of nitrogen functional groups attached to an aromatic ring is 1. The first kappa shape index (κ1) is 29.5. The molecule has 1 fully saturated rings. The molecule has 38 heavy (non-hydrogen) atoms. The van der Waals surface area contributed by atoms with E-state index in [2.05, 4.69) is 20.1 Å². The number of hydrogen-bond donors (Lipinski definition) is 3. The van der Waals surface area contributed by atoms with E-state index in [9.17, 15) is 14.7 Å². The summed E-state index contributed by atoms with van der Waals surface area (Å²) >= 11 is 5.58. The Balaban J connectivity index is 1.90. The van der Waals surface area contributed by atoms with Crippen LogP contribution in [-0.4, -0.2) is 57.4 Å². The fourth-order valence-electron chi connectivity index (χ4n) is 3.40. The van der Waals surface area contributed by atoms with Gasteiger partial charge in [0.1, 0.15) is 23.7 Å². The van der Waals surface area contributed by atoms with Crippen molar-refractivity contribution in [3.8, 4) is 5.75 Å². The predicted molar refractivity (Wildman–Crippen MR) is 137 cm³/mol. The molecular weight excluding hydrogens is 544 g/mol. The molecule has 1 unspecified atom stereocenters. The SMILES string of the molecule is CC(C)OC(=O)[C@H](C)NP(=S)(OC[C@@]1(N=[N+]=[N-])O[C@@H](n2ccc(N)nc2=O)[C@H](O)[C@@H]1F)Oc1ccccc1. The summed E-state index contributed by atoms with van der Waals surface area (Å²) in [6, 6.07) is 8.47. The Kier molecular flexibility index (Phi) is 9.44. The maximum Gasteiger partial charge on any atom is 0.351 e. The highest BCUT2D eigenvalue weighted by Crippen LogP contribution is 2.49. The summed E-state index contributed by atoms with van der Waals surface area (Å²) in [4.78, 5) is 30.8. The Morgan fingerprint density at radius 2 is 2.11 bits per heavy atom. The number of aromatic nitrogens is 2. The van der Waals surface area contributed by atoms with Crippen LogP contribution in [-0.2, 0) is 30.6 Å². The van der Waals surface area contributed by atoms with Crippen LogP contribution in [0.5, 0.6) is 5.75 Å². The van der Waals surface area contributed by atoms with Crippen LogP contribution in [0.4, 0.5) is 10.2 Å².